The zero-order chi connectivity index (χ0) is 20.4. The average Bonchev–Trinajstić information content (AvgIpc) is 2.97. The number of halogens is 1. The first-order valence-electron chi connectivity index (χ1n) is 9.26. The molecule has 0 atom stereocenters. The van der Waals surface area contributed by atoms with Crippen LogP contribution in [0.3, 0.4) is 0 Å². The Bertz CT molecular complexity index is 1060. The molecule has 1 aliphatic rings. The standard InChI is InChI=1S/C21H21ClN4O3/c1-13-20(14(2)26(25-13)12-15-5-3-4-6-17(15)22)24-21(27)23-16-7-8-18-19(11-16)29-10-9-28-18/h3-8,11H,9-10,12H2,1-2H3,(H2,23,24,27). The average molecular weight is 413 g/mol. The summed E-state index contributed by atoms with van der Waals surface area (Å²) < 4.78 is 12.9. The molecule has 0 fully saturated rings. The molecule has 0 aliphatic carbocycles. The number of nitrogens with one attached hydrogen (secondary N) is 2. The normalized spacial score (nSPS) is 12.5. The second kappa shape index (κ2) is 8.05. The lowest BCUT2D eigenvalue weighted by atomic mass is 10.2. The van der Waals surface area contributed by atoms with E-state index in [2.05, 4.69) is 15.7 Å². The Balaban J connectivity index is 1.47. The Morgan fingerprint density at radius 2 is 1.86 bits per heavy atom. The van der Waals surface area contributed by atoms with Gasteiger partial charge in [0.05, 0.1) is 23.6 Å². The molecule has 0 saturated heterocycles. The number of carbonyl (C=O) groups excluding carboxylic acids is 1. The van der Waals surface area contributed by atoms with Crippen LogP contribution in [0.4, 0.5) is 16.2 Å². The van der Waals surface area contributed by atoms with Gasteiger partial charge in [0, 0.05) is 16.8 Å². The molecule has 0 bridgehead atoms. The van der Waals surface area contributed by atoms with Gasteiger partial charge in [-0.05, 0) is 37.6 Å². The van der Waals surface area contributed by atoms with E-state index < -0.39 is 0 Å². The van der Waals surface area contributed by atoms with Gasteiger partial charge in [0.1, 0.15) is 13.2 Å². The summed E-state index contributed by atoms with van der Waals surface area (Å²) in [6, 6.07) is 12.6. The summed E-state index contributed by atoms with van der Waals surface area (Å²) in [6.45, 7) is 5.31. The Labute approximate surface area is 173 Å². The van der Waals surface area contributed by atoms with Gasteiger partial charge in [-0.3, -0.25) is 4.68 Å². The van der Waals surface area contributed by atoms with E-state index in [1.54, 1.807) is 18.2 Å². The Morgan fingerprint density at radius 1 is 1.10 bits per heavy atom. The highest BCUT2D eigenvalue weighted by Crippen LogP contribution is 2.32. The number of nitrogens with zero attached hydrogens (tertiary/aromatic N) is 2. The number of carbonyl (C=O) groups is 1. The van der Waals surface area contributed by atoms with Crippen molar-refractivity contribution in [3.05, 3.63) is 64.4 Å². The zero-order valence-electron chi connectivity index (χ0n) is 16.2. The van der Waals surface area contributed by atoms with Gasteiger partial charge in [0.2, 0.25) is 0 Å². The maximum atomic E-state index is 12.5. The van der Waals surface area contributed by atoms with E-state index in [0.717, 1.165) is 17.0 Å². The molecular weight excluding hydrogens is 392 g/mol. The predicted octanol–water partition coefficient (Wildman–Crippen LogP) is 4.62. The smallest absolute Gasteiger partial charge is 0.323 e. The third-order valence-electron chi connectivity index (χ3n) is 4.70. The molecule has 1 aliphatic heterocycles. The van der Waals surface area contributed by atoms with E-state index in [4.69, 9.17) is 21.1 Å². The fraction of sp³-hybridized carbons (Fsp3) is 0.238. The topological polar surface area (TPSA) is 77.4 Å². The van der Waals surface area contributed by atoms with Crippen LogP contribution in [0, 0.1) is 13.8 Å². The van der Waals surface area contributed by atoms with Crippen molar-refractivity contribution in [2.24, 2.45) is 0 Å². The fourth-order valence-corrected chi connectivity index (χ4v) is 3.41. The molecule has 150 valence electrons. The highest BCUT2D eigenvalue weighted by molar-refractivity contribution is 6.31. The first-order chi connectivity index (χ1) is 14.0. The van der Waals surface area contributed by atoms with E-state index in [1.165, 1.54) is 0 Å². The van der Waals surface area contributed by atoms with Crippen LogP contribution in [0.1, 0.15) is 17.0 Å². The summed E-state index contributed by atoms with van der Waals surface area (Å²) in [4.78, 5) is 12.5. The van der Waals surface area contributed by atoms with Crippen LogP contribution in [0.15, 0.2) is 42.5 Å². The molecule has 1 aromatic heterocycles. The van der Waals surface area contributed by atoms with E-state index in [0.29, 0.717) is 47.7 Å². The van der Waals surface area contributed by atoms with Crippen molar-refractivity contribution in [3.63, 3.8) is 0 Å². The number of rotatable bonds is 4. The molecule has 2 heterocycles. The van der Waals surface area contributed by atoms with Crippen LogP contribution in [0.2, 0.25) is 5.02 Å². The van der Waals surface area contributed by atoms with Gasteiger partial charge in [-0.15, -0.1) is 0 Å². The van der Waals surface area contributed by atoms with Crippen LogP contribution in [0.25, 0.3) is 0 Å². The maximum absolute atomic E-state index is 12.5. The molecule has 0 unspecified atom stereocenters. The maximum Gasteiger partial charge on any atom is 0.323 e. The first-order valence-corrected chi connectivity index (χ1v) is 9.64. The van der Waals surface area contributed by atoms with Gasteiger partial charge in [-0.2, -0.15) is 5.10 Å². The number of ether oxygens (including phenoxy) is 2. The largest absolute Gasteiger partial charge is 0.486 e. The number of hydrogen-bond acceptors (Lipinski definition) is 4. The highest BCUT2D eigenvalue weighted by Gasteiger charge is 2.16. The van der Waals surface area contributed by atoms with E-state index in [1.807, 2.05) is 42.8 Å². The SMILES string of the molecule is Cc1nn(Cc2ccccc2Cl)c(C)c1NC(=O)Nc1ccc2c(c1)OCCO2. The summed E-state index contributed by atoms with van der Waals surface area (Å²) in [5.74, 6) is 1.30. The molecule has 2 N–H and O–H groups in total. The number of benzene rings is 2. The van der Waals surface area contributed by atoms with Crippen molar-refractivity contribution in [2.45, 2.75) is 20.4 Å². The number of hydrogen-bond donors (Lipinski definition) is 2. The lowest BCUT2D eigenvalue weighted by molar-refractivity contribution is 0.171. The molecule has 0 spiro atoms. The minimum atomic E-state index is -0.356. The Hall–Kier alpha value is -3.19. The van der Waals surface area contributed by atoms with Crippen molar-refractivity contribution < 1.29 is 14.3 Å². The molecule has 2 aromatic carbocycles. The lowest BCUT2D eigenvalue weighted by Gasteiger charge is -2.19. The minimum absolute atomic E-state index is 0.356. The summed E-state index contributed by atoms with van der Waals surface area (Å²) >= 11 is 6.26. The second-order valence-electron chi connectivity index (χ2n) is 6.73. The van der Waals surface area contributed by atoms with Gasteiger partial charge >= 0.3 is 6.03 Å². The van der Waals surface area contributed by atoms with Crippen LogP contribution < -0.4 is 20.1 Å². The van der Waals surface area contributed by atoms with Gasteiger partial charge < -0.3 is 20.1 Å². The zero-order valence-corrected chi connectivity index (χ0v) is 16.9. The number of urea groups is 1. The molecule has 2 amide bonds. The quantitative estimate of drug-likeness (QED) is 0.655. The lowest BCUT2D eigenvalue weighted by Crippen LogP contribution is -2.21. The molecule has 29 heavy (non-hydrogen) atoms. The summed E-state index contributed by atoms with van der Waals surface area (Å²) in [5.41, 5.74) is 3.83. The monoisotopic (exact) mass is 412 g/mol. The second-order valence-corrected chi connectivity index (χ2v) is 7.14. The number of aromatic nitrogens is 2. The van der Waals surface area contributed by atoms with Gasteiger partial charge in [0.15, 0.2) is 11.5 Å². The van der Waals surface area contributed by atoms with Gasteiger partial charge in [-0.25, -0.2) is 4.79 Å². The highest BCUT2D eigenvalue weighted by atomic mass is 35.5. The van der Waals surface area contributed by atoms with Crippen molar-refractivity contribution in [3.8, 4) is 11.5 Å². The van der Waals surface area contributed by atoms with Crippen molar-refractivity contribution in [1.82, 2.24) is 9.78 Å². The first kappa shape index (κ1) is 19.1. The van der Waals surface area contributed by atoms with Crippen molar-refractivity contribution in [2.75, 3.05) is 23.8 Å². The van der Waals surface area contributed by atoms with Crippen LogP contribution in [0.5, 0.6) is 11.5 Å². The number of aryl methyl sites for hydroxylation is 1. The van der Waals surface area contributed by atoms with Gasteiger partial charge in [0.25, 0.3) is 0 Å². The molecule has 0 saturated carbocycles. The van der Waals surface area contributed by atoms with Crippen LogP contribution in [-0.2, 0) is 6.54 Å². The molecule has 4 rings (SSSR count). The Kier molecular flexibility index (Phi) is 5.31. The van der Waals surface area contributed by atoms with Crippen LogP contribution in [-0.4, -0.2) is 29.0 Å². The van der Waals surface area contributed by atoms with Gasteiger partial charge in [-0.1, -0.05) is 29.8 Å². The van der Waals surface area contributed by atoms with Crippen LogP contribution >= 0.6 is 11.6 Å². The predicted molar refractivity (Wildman–Crippen MR) is 112 cm³/mol. The Morgan fingerprint density at radius 3 is 2.66 bits per heavy atom. The third kappa shape index (κ3) is 4.14. The molecular formula is C21H21ClN4O3. The number of fused-ring (bicyclic) bond motifs is 1. The number of amides is 2. The minimum Gasteiger partial charge on any atom is -0.486 e. The van der Waals surface area contributed by atoms with Crippen molar-refractivity contribution in [1.29, 1.82) is 0 Å². The van der Waals surface area contributed by atoms with E-state index in [9.17, 15) is 4.79 Å². The summed E-state index contributed by atoms with van der Waals surface area (Å²) in [5, 5.41) is 10.9. The summed E-state index contributed by atoms with van der Waals surface area (Å²) in [6.07, 6.45) is 0. The van der Waals surface area contributed by atoms with E-state index in [-0.39, 0.29) is 6.03 Å². The fourth-order valence-electron chi connectivity index (χ4n) is 3.22. The molecule has 8 heteroatoms. The summed E-state index contributed by atoms with van der Waals surface area (Å²) in [7, 11) is 0. The van der Waals surface area contributed by atoms with E-state index >= 15 is 0 Å². The third-order valence-corrected chi connectivity index (χ3v) is 5.07. The number of anilines is 2. The molecule has 7 nitrogen and oxygen atoms in total. The van der Waals surface area contributed by atoms with Crippen molar-refractivity contribution >= 4 is 29.0 Å². The molecule has 3 aromatic rings. The molecule has 0 radical (unpaired) electrons.